The molecule has 0 saturated carbocycles. The Morgan fingerprint density at radius 2 is 1.62 bits per heavy atom. The normalized spacial score (nSPS) is 31.8. The minimum Gasteiger partial charge on any atom is -0.361 e. The summed E-state index contributed by atoms with van der Waals surface area (Å²) >= 11 is 0. The second kappa shape index (κ2) is 3.01. The molecule has 0 aromatic heterocycles. The molecule has 13 heavy (non-hydrogen) atoms. The van der Waals surface area contributed by atoms with Crippen LogP contribution in [0.2, 0.25) is 0 Å². The van der Waals surface area contributed by atoms with E-state index in [1.165, 1.54) is 6.42 Å². The maximum atomic E-state index is 11.4. The van der Waals surface area contributed by atoms with E-state index in [0.717, 1.165) is 25.7 Å². The standard InChI is InChI=1S/C9H14N2O2/c10-8(12)9(13)11-6-2-1-3-7(11)5-4-6/h6-7H,1-5H2,(H2,10,12). The van der Waals surface area contributed by atoms with Gasteiger partial charge in [-0.3, -0.25) is 9.59 Å². The first-order valence-corrected chi connectivity index (χ1v) is 4.82. The maximum absolute atomic E-state index is 11.4. The maximum Gasteiger partial charge on any atom is 0.312 e. The average Bonchev–Trinajstić information content (AvgIpc) is 2.34. The van der Waals surface area contributed by atoms with Crippen LogP contribution in [0.5, 0.6) is 0 Å². The van der Waals surface area contributed by atoms with E-state index in [0.29, 0.717) is 12.1 Å². The molecule has 4 heteroatoms. The molecule has 2 saturated heterocycles. The number of nitrogens with zero attached hydrogens (tertiary/aromatic N) is 1. The first-order valence-electron chi connectivity index (χ1n) is 4.82. The Kier molecular flexibility index (Phi) is 1.98. The number of hydrogen-bond acceptors (Lipinski definition) is 2. The SMILES string of the molecule is NC(=O)C(=O)N1C2CCCC1CC2. The van der Waals surface area contributed by atoms with Gasteiger partial charge in [-0.05, 0) is 32.1 Å². The third-order valence-corrected chi connectivity index (χ3v) is 3.14. The van der Waals surface area contributed by atoms with Gasteiger partial charge in [0.1, 0.15) is 0 Å². The molecule has 0 aromatic carbocycles. The molecule has 2 rings (SSSR count). The van der Waals surface area contributed by atoms with Crippen LogP contribution in [0.3, 0.4) is 0 Å². The van der Waals surface area contributed by atoms with Gasteiger partial charge in [-0.2, -0.15) is 0 Å². The van der Waals surface area contributed by atoms with Gasteiger partial charge in [-0.1, -0.05) is 0 Å². The van der Waals surface area contributed by atoms with Gasteiger partial charge in [0.25, 0.3) is 0 Å². The number of rotatable bonds is 0. The van der Waals surface area contributed by atoms with Crippen LogP contribution < -0.4 is 5.73 Å². The minimum atomic E-state index is -0.807. The summed E-state index contributed by atoms with van der Waals surface area (Å²) in [6.45, 7) is 0. The van der Waals surface area contributed by atoms with Crippen molar-refractivity contribution in [3.8, 4) is 0 Å². The quantitative estimate of drug-likeness (QED) is 0.536. The molecular weight excluding hydrogens is 168 g/mol. The van der Waals surface area contributed by atoms with E-state index < -0.39 is 11.8 Å². The monoisotopic (exact) mass is 182 g/mol. The average molecular weight is 182 g/mol. The van der Waals surface area contributed by atoms with E-state index in [4.69, 9.17) is 5.73 Å². The molecule has 72 valence electrons. The third kappa shape index (κ3) is 1.30. The Morgan fingerprint density at radius 3 is 2.08 bits per heavy atom. The van der Waals surface area contributed by atoms with Crippen molar-refractivity contribution in [2.75, 3.05) is 0 Å². The highest BCUT2D eigenvalue weighted by molar-refractivity contribution is 6.34. The summed E-state index contributed by atoms with van der Waals surface area (Å²) in [5, 5.41) is 0. The zero-order valence-corrected chi connectivity index (χ0v) is 7.53. The van der Waals surface area contributed by atoms with Gasteiger partial charge in [0.2, 0.25) is 0 Å². The van der Waals surface area contributed by atoms with E-state index in [2.05, 4.69) is 0 Å². The number of nitrogens with two attached hydrogens (primary N) is 1. The van der Waals surface area contributed by atoms with Crippen molar-refractivity contribution < 1.29 is 9.59 Å². The topological polar surface area (TPSA) is 63.4 Å². The second-order valence-electron chi connectivity index (χ2n) is 3.89. The molecule has 2 amide bonds. The fourth-order valence-corrected chi connectivity index (χ4v) is 2.58. The lowest BCUT2D eigenvalue weighted by atomic mass is 10.0. The van der Waals surface area contributed by atoms with E-state index in [-0.39, 0.29) is 0 Å². The predicted octanol–water partition coefficient (Wildman–Crippen LogP) is 0.0152. The molecule has 2 aliphatic rings. The van der Waals surface area contributed by atoms with E-state index in [1.807, 2.05) is 0 Å². The number of carbonyl (C=O) groups is 2. The molecule has 2 atom stereocenters. The van der Waals surface area contributed by atoms with Crippen LogP contribution >= 0.6 is 0 Å². The summed E-state index contributed by atoms with van der Waals surface area (Å²) in [4.78, 5) is 23.9. The van der Waals surface area contributed by atoms with Crippen molar-refractivity contribution in [1.82, 2.24) is 4.90 Å². The van der Waals surface area contributed by atoms with Crippen LogP contribution in [0, 0.1) is 0 Å². The summed E-state index contributed by atoms with van der Waals surface area (Å²) < 4.78 is 0. The van der Waals surface area contributed by atoms with Crippen LogP contribution in [0.25, 0.3) is 0 Å². The zero-order chi connectivity index (χ0) is 9.42. The van der Waals surface area contributed by atoms with Crippen molar-refractivity contribution in [3.05, 3.63) is 0 Å². The molecule has 2 aliphatic heterocycles. The summed E-state index contributed by atoms with van der Waals surface area (Å²) in [5.41, 5.74) is 4.99. The van der Waals surface area contributed by atoms with Crippen molar-refractivity contribution in [1.29, 1.82) is 0 Å². The predicted molar refractivity (Wildman–Crippen MR) is 46.7 cm³/mol. The van der Waals surface area contributed by atoms with Crippen molar-refractivity contribution in [2.45, 2.75) is 44.2 Å². The molecule has 2 N–H and O–H groups in total. The number of primary amides is 1. The van der Waals surface area contributed by atoms with Crippen LogP contribution in [-0.4, -0.2) is 28.8 Å². The van der Waals surface area contributed by atoms with Crippen LogP contribution in [0.1, 0.15) is 32.1 Å². The van der Waals surface area contributed by atoms with Gasteiger partial charge < -0.3 is 10.6 Å². The lowest BCUT2D eigenvalue weighted by molar-refractivity contribution is -0.147. The largest absolute Gasteiger partial charge is 0.361 e. The molecule has 2 heterocycles. The molecule has 2 fully saturated rings. The van der Waals surface area contributed by atoms with Crippen molar-refractivity contribution in [3.63, 3.8) is 0 Å². The van der Waals surface area contributed by atoms with Crippen LogP contribution in [0.4, 0.5) is 0 Å². The first-order chi connectivity index (χ1) is 6.20. The zero-order valence-electron chi connectivity index (χ0n) is 7.53. The summed E-state index contributed by atoms with van der Waals surface area (Å²) in [6, 6.07) is 0.581. The van der Waals surface area contributed by atoms with Crippen molar-refractivity contribution >= 4 is 11.8 Å². The molecule has 0 aliphatic carbocycles. The highest BCUT2D eigenvalue weighted by atomic mass is 16.2. The minimum absolute atomic E-state index is 0.291. The number of carbonyl (C=O) groups excluding carboxylic acids is 2. The number of fused-ring (bicyclic) bond motifs is 2. The molecular formula is C9H14N2O2. The summed E-state index contributed by atoms with van der Waals surface area (Å²) in [6.07, 6.45) is 5.34. The Labute approximate surface area is 77.1 Å². The Morgan fingerprint density at radius 1 is 1.08 bits per heavy atom. The van der Waals surface area contributed by atoms with Crippen LogP contribution in [0.15, 0.2) is 0 Å². The number of hydrogen-bond donors (Lipinski definition) is 1. The van der Waals surface area contributed by atoms with E-state index in [1.54, 1.807) is 4.90 Å². The molecule has 0 spiro atoms. The van der Waals surface area contributed by atoms with E-state index >= 15 is 0 Å². The Bertz CT molecular complexity index is 236. The molecule has 4 nitrogen and oxygen atoms in total. The van der Waals surface area contributed by atoms with Gasteiger partial charge in [0, 0.05) is 12.1 Å². The third-order valence-electron chi connectivity index (χ3n) is 3.14. The number of amides is 2. The molecule has 0 radical (unpaired) electrons. The highest BCUT2D eigenvalue weighted by Gasteiger charge is 2.40. The van der Waals surface area contributed by atoms with Gasteiger partial charge >= 0.3 is 11.8 Å². The van der Waals surface area contributed by atoms with Gasteiger partial charge in [-0.25, -0.2) is 0 Å². The lowest BCUT2D eigenvalue weighted by Crippen LogP contribution is -2.49. The Hall–Kier alpha value is -1.06. The summed E-state index contributed by atoms with van der Waals surface area (Å²) in [7, 11) is 0. The Balaban J connectivity index is 2.15. The highest BCUT2D eigenvalue weighted by Crippen LogP contribution is 2.35. The van der Waals surface area contributed by atoms with Gasteiger partial charge in [0.05, 0.1) is 0 Å². The molecule has 2 bridgehead atoms. The molecule has 0 aromatic rings. The van der Waals surface area contributed by atoms with Crippen LogP contribution in [-0.2, 0) is 9.59 Å². The van der Waals surface area contributed by atoms with Crippen molar-refractivity contribution in [2.24, 2.45) is 5.73 Å². The number of piperidine rings is 1. The fraction of sp³-hybridized carbons (Fsp3) is 0.778. The first kappa shape index (κ1) is 8.53. The van der Waals surface area contributed by atoms with Gasteiger partial charge in [-0.15, -0.1) is 0 Å². The fourth-order valence-electron chi connectivity index (χ4n) is 2.58. The second-order valence-corrected chi connectivity index (χ2v) is 3.89. The molecule has 2 unspecified atom stereocenters. The van der Waals surface area contributed by atoms with Gasteiger partial charge in [0.15, 0.2) is 0 Å². The summed E-state index contributed by atoms with van der Waals surface area (Å²) in [5.74, 6) is -1.29. The van der Waals surface area contributed by atoms with E-state index in [9.17, 15) is 9.59 Å². The lowest BCUT2D eigenvalue weighted by Gasteiger charge is -2.33. The smallest absolute Gasteiger partial charge is 0.312 e.